The summed E-state index contributed by atoms with van der Waals surface area (Å²) in [4.78, 5) is 23.7. The Morgan fingerprint density at radius 1 is 1.17 bits per heavy atom. The average molecular weight is 432 g/mol. The molecule has 10 nitrogen and oxygen atoms in total. The molecule has 1 aliphatic rings. The van der Waals surface area contributed by atoms with Crippen molar-refractivity contribution in [1.29, 1.82) is 0 Å². The minimum Gasteiger partial charge on any atom is -0.506 e. The number of methoxy groups -OCH3 is 1. The number of ether oxygens (including phenoxy) is 1. The van der Waals surface area contributed by atoms with Crippen molar-refractivity contribution in [2.45, 2.75) is 17.7 Å². The molecule has 11 heteroatoms. The van der Waals surface area contributed by atoms with Gasteiger partial charge in [0.25, 0.3) is 15.9 Å². The Kier molecular flexibility index (Phi) is 5.92. The standard InChI is InChI=1S/C19H20N4O6S/c1-23-18(25)10-8-14(21-23)19(26)20-15-11-12(7-9-16(15)24)30(27,28)22-13-5-3-4-6-17(13)29-2/h3-7,9,11,22,24H,8,10H2,1-2H3,(H,20,26). The molecule has 2 amide bonds. The quantitative estimate of drug-likeness (QED) is 0.595. The predicted molar refractivity (Wildman–Crippen MR) is 110 cm³/mol. The summed E-state index contributed by atoms with van der Waals surface area (Å²) in [6.07, 6.45) is 0.273. The van der Waals surface area contributed by atoms with E-state index in [-0.39, 0.29) is 46.5 Å². The molecule has 0 atom stereocenters. The highest BCUT2D eigenvalue weighted by atomic mass is 32.2. The third-order valence-corrected chi connectivity index (χ3v) is 5.71. The summed E-state index contributed by atoms with van der Waals surface area (Å²) in [5, 5.41) is 17.5. The topological polar surface area (TPSA) is 137 Å². The zero-order valence-electron chi connectivity index (χ0n) is 16.2. The smallest absolute Gasteiger partial charge is 0.271 e. The number of hydrazone groups is 1. The van der Waals surface area contributed by atoms with Gasteiger partial charge in [0, 0.05) is 19.9 Å². The number of para-hydroxylation sites is 2. The zero-order chi connectivity index (χ0) is 21.9. The molecule has 0 saturated carbocycles. The van der Waals surface area contributed by atoms with Gasteiger partial charge in [-0.05, 0) is 30.3 Å². The van der Waals surface area contributed by atoms with Crippen molar-refractivity contribution in [2.24, 2.45) is 5.10 Å². The average Bonchev–Trinajstić information content (AvgIpc) is 2.71. The molecule has 1 aliphatic heterocycles. The molecule has 0 radical (unpaired) electrons. The monoisotopic (exact) mass is 432 g/mol. The summed E-state index contributed by atoms with van der Waals surface area (Å²) in [7, 11) is -1.19. The fraction of sp³-hybridized carbons (Fsp3) is 0.211. The van der Waals surface area contributed by atoms with Crippen molar-refractivity contribution in [2.75, 3.05) is 24.2 Å². The molecule has 0 aliphatic carbocycles. The van der Waals surface area contributed by atoms with Gasteiger partial charge in [-0.2, -0.15) is 5.10 Å². The fourth-order valence-electron chi connectivity index (χ4n) is 2.74. The summed E-state index contributed by atoms with van der Waals surface area (Å²) in [6.45, 7) is 0. The lowest BCUT2D eigenvalue weighted by Crippen LogP contribution is -2.34. The van der Waals surface area contributed by atoms with Gasteiger partial charge >= 0.3 is 0 Å². The van der Waals surface area contributed by atoms with Gasteiger partial charge in [0.15, 0.2) is 0 Å². The highest BCUT2D eigenvalue weighted by molar-refractivity contribution is 7.92. The van der Waals surface area contributed by atoms with Crippen LogP contribution in [0.4, 0.5) is 11.4 Å². The van der Waals surface area contributed by atoms with Crippen LogP contribution in [0.5, 0.6) is 11.5 Å². The van der Waals surface area contributed by atoms with E-state index in [0.29, 0.717) is 5.75 Å². The number of anilines is 2. The number of aromatic hydroxyl groups is 1. The summed E-state index contributed by atoms with van der Waals surface area (Å²) < 4.78 is 33.1. The van der Waals surface area contributed by atoms with Crippen LogP contribution in [-0.4, -0.2) is 50.2 Å². The number of hydrogen-bond acceptors (Lipinski definition) is 7. The summed E-state index contributed by atoms with van der Waals surface area (Å²) in [5.41, 5.74) is 0.227. The number of nitrogens with one attached hydrogen (secondary N) is 2. The van der Waals surface area contributed by atoms with Gasteiger partial charge in [0.05, 0.1) is 23.4 Å². The molecule has 1 heterocycles. The summed E-state index contributed by atoms with van der Waals surface area (Å²) in [5.74, 6) is -0.843. The van der Waals surface area contributed by atoms with Gasteiger partial charge in [-0.15, -0.1) is 0 Å². The van der Waals surface area contributed by atoms with E-state index in [1.54, 1.807) is 24.3 Å². The molecule has 2 aromatic rings. The number of benzene rings is 2. The van der Waals surface area contributed by atoms with E-state index >= 15 is 0 Å². The highest BCUT2D eigenvalue weighted by Gasteiger charge is 2.24. The maximum absolute atomic E-state index is 12.8. The second kappa shape index (κ2) is 8.41. The lowest BCUT2D eigenvalue weighted by molar-refractivity contribution is -0.130. The Hall–Kier alpha value is -3.60. The Bertz CT molecular complexity index is 1130. The first kappa shape index (κ1) is 21.1. The number of sulfonamides is 1. The molecule has 3 rings (SSSR count). The van der Waals surface area contributed by atoms with E-state index < -0.39 is 15.9 Å². The van der Waals surface area contributed by atoms with Crippen molar-refractivity contribution in [3.8, 4) is 11.5 Å². The molecular formula is C19H20N4O6S. The van der Waals surface area contributed by atoms with E-state index in [1.165, 1.54) is 20.2 Å². The number of hydrogen-bond donors (Lipinski definition) is 3. The molecule has 0 fully saturated rings. The molecular weight excluding hydrogens is 412 g/mol. The maximum atomic E-state index is 12.8. The van der Waals surface area contributed by atoms with Crippen molar-refractivity contribution in [1.82, 2.24) is 5.01 Å². The molecule has 158 valence electrons. The van der Waals surface area contributed by atoms with Gasteiger partial charge < -0.3 is 15.2 Å². The summed E-state index contributed by atoms with van der Waals surface area (Å²) >= 11 is 0. The number of nitrogens with zero attached hydrogens (tertiary/aromatic N) is 2. The predicted octanol–water partition coefficient (Wildman–Crippen LogP) is 1.75. The Morgan fingerprint density at radius 3 is 2.60 bits per heavy atom. The number of rotatable bonds is 6. The number of phenols is 1. The number of carbonyl (C=O) groups excluding carboxylic acids is 2. The maximum Gasteiger partial charge on any atom is 0.271 e. The molecule has 0 spiro atoms. The lowest BCUT2D eigenvalue weighted by atomic mass is 10.1. The second-order valence-corrected chi connectivity index (χ2v) is 8.09. The molecule has 0 unspecified atom stereocenters. The van der Waals surface area contributed by atoms with E-state index in [1.807, 2.05) is 0 Å². The van der Waals surface area contributed by atoms with E-state index in [0.717, 1.165) is 17.1 Å². The fourth-order valence-corrected chi connectivity index (χ4v) is 3.84. The Morgan fingerprint density at radius 2 is 1.90 bits per heavy atom. The van der Waals surface area contributed by atoms with Crippen molar-refractivity contribution in [3.05, 3.63) is 42.5 Å². The van der Waals surface area contributed by atoms with Gasteiger partial charge in [-0.1, -0.05) is 12.1 Å². The molecule has 0 aromatic heterocycles. The SMILES string of the molecule is COc1ccccc1NS(=O)(=O)c1ccc(O)c(NC(=O)C2=NN(C)C(=O)CC2)c1. The van der Waals surface area contributed by atoms with Crippen LogP contribution < -0.4 is 14.8 Å². The van der Waals surface area contributed by atoms with Gasteiger partial charge in [0.2, 0.25) is 5.91 Å². The lowest BCUT2D eigenvalue weighted by Gasteiger charge is -2.19. The Balaban J connectivity index is 1.85. The largest absolute Gasteiger partial charge is 0.506 e. The number of phenolic OH excluding ortho intramolecular Hbond substituents is 1. The van der Waals surface area contributed by atoms with Crippen LogP contribution in [0.15, 0.2) is 52.5 Å². The van der Waals surface area contributed by atoms with Crippen LogP contribution >= 0.6 is 0 Å². The number of amides is 2. The van der Waals surface area contributed by atoms with Gasteiger partial charge in [0.1, 0.15) is 17.2 Å². The van der Waals surface area contributed by atoms with E-state index in [2.05, 4.69) is 15.1 Å². The van der Waals surface area contributed by atoms with Gasteiger partial charge in [-0.3, -0.25) is 14.3 Å². The zero-order valence-corrected chi connectivity index (χ0v) is 17.1. The first-order chi connectivity index (χ1) is 14.2. The molecule has 30 heavy (non-hydrogen) atoms. The first-order valence-corrected chi connectivity index (χ1v) is 10.3. The highest BCUT2D eigenvalue weighted by Crippen LogP contribution is 2.30. The first-order valence-electron chi connectivity index (χ1n) is 8.85. The van der Waals surface area contributed by atoms with Crippen LogP contribution in [0.2, 0.25) is 0 Å². The molecule has 2 aromatic carbocycles. The van der Waals surface area contributed by atoms with E-state index in [4.69, 9.17) is 4.74 Å². The second-order valence-electron chi connectivity index (χ2n) is 6.40. The van der Waals surface area contributed by atoms with Crippen molar-refractivity contribution in [3.63, 3.8) is 0 Å². The van der Waals surface area contributed by atoms with Crippen molar-refractivity contribution < 1.29 is 27.9 Å². The van der Waals surface area contributed by atoms with Gasteiger partial charge in [-0.25, -0.2) is 13.4 Å². The molecule has 0 saturated heterocycles. The summed E-state index contributed by atoms with van der Waals surface area (Å²) in [6, 6.07) is 9.98. The third kappa shape index (κ3) is 4.51. The minimum absolute atomic E-state index is 0.0944. The van der Waals surface area contributed by atoms with Crippen LogP contribution in [0.3, 0.4) is 0 Å². The third-order valence-electron chi connectivity index (χ3n) is 4.35. The van der Waals surface area contributed by atoms with E-state index in [9.17, 15) is 23.1 Å². The molecule has 3 N–H and O–H groups in total. The van der Waals surface area contributed by atoms with Crippen molar-refractivity contribution >= 4 is 38.9 Å². The minimum atomic E-state index is -4.04. The molecule has 0 bridgehead atoms. The van der Waals surface area contributed by atoms with Crippen LogP contribution in [0.1, 0.15) is 12.8 Å². The van der Waals surface area contributed by atoms with Crippen LogP contribution in [-0.2, 0) is 19.6 Å². The van der Waals surface area contributed by atoms with Crippen LogP contribution in [0, 0.1) is 0 Å². The number of carbonyl (C=O) groups is 2. The Labute approximate surface area is 173 Å². The van der Waals surface area contributed by atoms with Crippen LogP contribution in [0.25, 0.3) is 0 Å². The normalized spacial score (nSPS) is 14.1.